The third-order valence-corrected chi connectivity index (χ3v) is 3.12. The van der Waals surface area contributed by atoms with Crippen molar-refractivity contribution in [3.63, 3.8) is 0 Å². The summed E-state index contributed by atoms with van der Waals surface area (Å²) in [5.74, 6) is 0.753. The van der Waals surface area contributed by atoms with Gasteiger partial charge >= 0.3 is 0 Å². The molecule has 1 rings (SSSR count). The molecule has 1 atom stereocenters. The number of nitrogens with one attached hydrogen (secondary N) is 1. The maximum atomic E-state index is 9.80. The normalized spacial score (nSPS) is 12.6. The Bertz CT molecular complexity index is 395. The zero-order chi connectivity index (χ0) is 16.9. The average Bonchev–Trinajstić information content (AvgIpc) is 2.55. The van der Waals surface area contributed by atoms with Gasteiger partial charge in [-0.15, -0.1) is 0 Å². The number of aliphatic hydroxyl groups excluding tert-OH is 1. The van der Waals surface area contributed by atoms with E-state index in [2.05, 4.69) is 12.2 Å². The van der Waals surface area contributed by atoms with Crippen molar-refractivity contribution in [2.24, 2.45) is 0 Å². The average molecular weight is 325 g/mol. The van der Waals surface area contributed by atoms with Crippen LogP contribution in [0.4, 0.5) is 0 Å². The van der Waals surface area contributed by atoms with E-state index in [1.807, 2.05) is 38.1 Å². The van der Waals surface area contributed by atoms with Crippen LogP contribution in [0.15, 0.2) is 24.3 Å². The van der Waals surface area contributed by atoms with Gasteiger partial charge < -0.3 is 24.6 Å². The van der Waals surface area contributed by atoms with Crippen LogP contribution in [0.2, 0.25) is 0 Å². The predicted octanol–water partition coefficient (Wildman–Crippen LogP) is 2.37. The van der Waals surface area contributed by atoms with Crippen LogP contribution in [-0.2, 0) is 16.1 Å². The third kappa shape index (κ3) is 10.3. The molecule has 5 nitrogen and oxygen atoms in total. The van der Waals surface area contributed by atoms with Gasteiger partial charge in [-0.1, -0.05) is 32.9 Å². The van der Waals surface area contributed by atoms with Gasteiger partial charge in [-0.25, -0.2) is 0 Å². The second-order valence-corrected chi connectivity index (χ2v) is 5.84. The highest BCUT2D eigenvalue weighted by Crippen LogP contribution is 2.13. The molecule has 132 valence electrons. The fourth-order valence-electron chi connectivity index (χ4n) is 1.86. The van der Waals surface area contributed by atoms with Crippen molar-refractivity contribution in [2.75, 3.05) is 33.0 Å². The fraction of sp³-hybridized carbons (Fsp3) is 0.667. The van der Waals surface area contributed by atoms with Crippen LogP contribution in [0, 0.1) is 0 Å². The van der Waals surface area contributed by atoms with Crippen molar-refractivity contribution in [2.45, 2.75) is 45.9 Å². The molecule has 0 saturated carbocycles. The summed E-state index contributed by atoms with van der Waals surface area (Å²) in [6.07, 6.45) is 0.521. The lowest BCUT2D eigenvalue weighted by molar-refractivity contribution is 0.0408. The summed E-state index contributed by atoms with van der Waals surface area (Å²) in [5, 5.41) is 13.0. The predicted molar refractivity (Wildman–Crippen MR) is 91.8 cm³/mol. The third-order valence-electron chi connectivity index (χ3n) is 3.12. The van der Waals surface area contributed by atoms with E-state index in [1.165, 1.54) is 0 Å². The van der Waals surface area contributed by atoms with E-state index < -0.39 is 6.10 Å². The van der Waals surface area contributed by atoms with Gasteiger partial charge in [-0.3, -0.25) is 0 Å². The lowest BCUT2D eigenvalue weighted by Crippen LogP contribution is -2.35. The SMILES string of the molecule is CCCOCCOCc1ccc(OC[C@H](O)CNC(C)C)cc1. The molecular weight excluding hydrogens is 294 g/mol. The summed E-state index contributed by atoms with van der Waals surface area (Å²) in [6, 6.07) is 8.10. The Morgan fingerprint density at radius 1 is 1.04 bits per heavy atom. The molecule has 2 N–H and O–H groups in total. The van der Waals surface area contributed by atoms with Crippen molar-refractivity contribution >= 4 is 0 Å². The van der Waals surface area contributed by atoms with Crippen molar-refractivity contribution in [1.29, 1.82) is 0 Å². The zero-order valence-corrected chi connectivity index (χ0v) is 14.6. The first kappa shape index (κ1) is 19.9. The Balaban J connectivity index is 2.17. The summed E-state index contributed by atoms with van der Waals surface area (Å²) in [5.41, 5.74) is 1.09. The molecule has 0 unspecified atom stereocenters. The van der Waals surface area contributed by atoms with Crippen LogP contribution in [0.1, 0.15) is 32.8 Å². The van der Waals surface area contributed by atoms with E-state index >= 15 is 0 Å². The summed E-state index contributed by atoms with van der Waals surface area (Å²) in [6.45, 7) is 9.59. The highest BCUT2D eigenvalue weighted by atomic mass is 16.5. The molecule has 0 radical (unpaired) electrons. The number of hydrogen-bond acceptors (Lipinski definition) is 5. The second kappa shape index (κ2) is 12.3. The van der Waals surface area contributed by atoms with E-state index in [9.17, 15) is 5.11 Å². The number of hydrogen-bond donors (Lipinski definition) is 2. The van der Waals surface area contributed by atoms with Crippen LogP contribution in [0.5, 0.6) is 5.75 Å². The standard InChI is InChI=1S/C18H31NO4/c1-4-9-21-10-11-22-13-16-5-7-18(8-6-16)23-14-17(20)12-19-15(2)3/h5-8,15,17,19-20H,4,9-14H2,1-3H3/t17-/m1/s1. The van der Waals surface area contributed by atoms with Gasteiger partial charge in [0.25, 0.3) is 0 Å². The van der Waals surface area contributed by atoms with E-state index in [4.69, 9.17) is 14.2 Å². The molecule has 0 amide bonds. The molecule has 1 aromatic carbocycles. The molecule has 0 aromatic heterocycles. The van der Waals surface area contributed by atoms with E-state index in [1.54, 1.807) is 0 Å². The van der Waals surface area contributed by atoms with E-state index in [0.717, 1.165) is 24.3 Å². The number of ether oxygens (including phenoxy) is 3. The van der Waals surface area contributed by atoms with Crippen molar-refractivity contribution in [1.82, 2.24) is 5.32 Å². The lowest BCUT2D eigenvalue weighted by atomic mass is 10.2. The topological polar surface area (TPSA) is 60.0 Å². The molecule has 0 saturated heterocycles. The highest BCUT2D eigenvalue weighted by molar-refractivity contribution is 5.26. The van der Waals surface area contributed by atoms with Gasteiger partial charge in [0.2, 0.25) is 0 Å². The first-order chi connectivity index (χ1) is 11.1. The second-order valence-electron chi connectivity index (χ2n) is 5.84. The molecule has 0 spiro atoms. The van der Waals surface area contributed by atoms with E-state index in [-0.39, 0.29) is 6.61 Å². The molecule has 0 aliphatic rings. The first-order valence-electron chi connectivity index (χ1n) is 8.40. The molecule has 5 heteroatoms. The molecule has 0 heterocycles. The Kier molecular flexibility index (Phi) is 10.6. The number of aliphatic hydroxyl groups is 1. The largest absolute Gasteiger partial charge is 0.491 e. The van der Waals surface area contributed by atoms with Crippen molar-refractivity contribution in [3.8, 4) is 5.75 Å². The molecule has 1 aromatic rings. The van der Waals surface area contributed by atoms with Crippen molar-refractivity contribution in [3.05, 3.63) is 29.8 Å². The smallest absolute Gasteiger partial charge is 0.119 e. The Morgan fingerprint density at radius 3 is 2.39 bits per heavy atom. The maximum absolute atomic E-state index is 9.80. The van der Waals surface area contributed by atoms with Gasteiger partial charge in [-0.05, 0) is 24.1 Å². The molecule has 0 bridgehead atoms. The molecule has 0 aliphatic heterocycles. The van der Waals surface area contributed by atoms with Crippen LogP contribution < -0.4 is 10.1 Å². The minimum absolute atomic E-state index is 0.282. The van der Waals surface area contributed by atoms with Gasteiger partial charge in [0.15, 0.2) is 0 Å². The highest BCUT2D eigenvalue weighted by Gasteiger charge is 2.06. The molecule has 0 fully saturated rings. The Hall–Kier alpha value is -1.14. The van der Waals surface area contributed by atoms with Gasteiger partial charge in [-0.2, -0.15) is 0 Å². The quantitative estimate of drug-likeness (QED) is 0.545. The molecular formula is C18H31NO4. The Labute approximate surface area is 139 Å². The van der Waals surface area contributed by atoms with Gasteiger partial charge in [0, 0.05) is 19.2 Å². The molecule has 23 heavy (non-hydrogen) atoms. The van der Waals surface area contributed by atoms with Crippen molar-refractivity contribution < 1.29 is 19.3 Å². The summed E-state index contributed by atoms with van der Waals surface area (Å²) < 4.78 is 16.5. The van der Waals surface area contributed by atoms with E-state index in [0.29, 0.717) is 32.4 Å². The number of rotatable bonds is 13. The van der Waals surface area contributed by atoms with Crippen LogP contribution in [0.3, 0.4) is 0 Å². The maximum Gasteiger partial charge on any atom is 0.119 e. The van der Waals surface area contributed by atoms with Crippen LogP contribution in [-0.4, -0.2) is 50.2 Å². The first-order valence-corrected chi connectivity index (χ1v) is 8.40. The van der Waals surface area contributed by atoms with Gasteiger partial charge in [0.05, 0.1) is 19.8 Å². The monoisotopic (exact) mass is 325 g/mol. The van der Waals surface area contributed by atoms with Gasteiger partial charge in [0.1, 0.15) is 18.5 Å². The van der Waals surface area contributed by atoms with Crippen LogP contribution >= 0.6 is 0 Å². The summed E-state index contributed by atoms with van der Waals surface area (Å²) >= 11 is 0. The minimum Gasteiger partial charge on any atom is -0.491 e. The Morgan fingerprint density at radius 2 is 1.74 bits per heavy atom. The van der Waals surface area contributed by atoms with Crippen LogP contribution in [0.25, 0.3) is 0 Å². The fourth-order valence-corrected chi connectivity index (χ4v) is 1.86. The zero-order valence-electron chi connectivity index (χ0n) is 14.6. The summed E-state index contributed by atoms with van der Waals surface area (Å²) in [7, 11) is 0. The number of benzene rings is 1. The summed E-state index contributed by atoms with van der Waals surface area (Å²) in [4.78, 5) is 0. The molecule has 0 aliphatic carbocycles. The minimum atomic E-state index is -0.511. The lowest BCUT2D eigenvalue weighted by Gasteiger charge is -2.15.